The predicted octanol–water partition coefficient (Wildman–Crippen LogP) is 3.37. The van der Waals surface area contributed by atoms with Crippen LogP contribution in [-0.4, -0.2) is 57.9 Å². The van der Waals surface area contributed by atoms with E-state index in [0.717, 1.165) is 16.6 Å². The third-order valence-electron chi connectivity index (χ3n) is 7.04. The third kappa shape index (κ3) is 5.03. The first-order valence-electron chi connectivity index (χ1n) is 12.6. The van der Waals surface area contributed by atoms with Gasteiger partial charge in [-0.1, -0.05) is 47.1 Å². The van der Waals surface area contributed by atoms with Gasteiger partial charge in [-0.25, -0.2) is 13.2 Å². The van der Waals surface area contributed by atoms with Crippen LogP contribution in [-0.2, 0) is 30.2 Å². The van der Waals surface area contributed by atoms with Gasteiger partial charge < -0.3 is 4.98 Å². The topological polar surface area (TPSA) is 100 Å². The number of sulfonamides is 1. The summed E-state index contributed by atoms with van der Waals surface area (Å²) < 4.78 is 31.9. The molecule has 0 bridgehead atoms. The SMILES string of the molecule is CCCn1c(=O)c2[nH]c(-c3ccc(S(=O)(=O)N4CCN(Cc5ccc(Br)cc5)CC4)cc3)cc2n(C)c1=O. The number of hydrogen-bond donors (Lipinski definition) is 1. The van der Waals surface area contributed by atoms with Crippen LogP contribution in [0.4, 0.5) is 0 Å². The zero-order valence-corrected chi connectivity index (χ0v) is 23.8. The Bertz CT molecular complexity index is 1680. The summed E-state index contributed by atoms with van der Waals surface area (Å²) >= 11 is 3.45. The largest absolute Gasteiger partial charge is 0.349 e. The van der Waals surface area contributed by atoms with E-state index in [1.807, 2.05) is 19.1 Å². The number of hydrogen-bond acceptors (Lipinski definition) is 5. The maximum absolute atomic E-state index is 13.3. The van der Waals surface area contributed by atoms with Crippen LogP contribution in [0.25, 0.3) is 22.3 Å². The zero-order valence-electron chi connectivity index (χ0n) is 21.4. The summed E-state index contributed by atoms with van der Waals surface area (Å²) in [7, 11) is -1.99. The number of rotatable bonds is 7. The van der Waals surface area contributed by atoms with Crippen molar-refractivity contribution in [3.05, 3.63) is 85.5 Å². The minimum atomic E-state index is -3.63. The molecule has 9 nitrogen and oxygen atoms in total. The van der Waals surface area contributed by atoms with E-state index < -0.39 is 10.0 Å². The van der Waals surface area contributed by atoms with Gasteiger partial charge in [-0.05, 0) is 47.9 Å². The van der Waals surface area contributed by atoms with Crippen LogP contribution in [0.5, 0.6) is 0 Å². The Hall–Kier alpha value is -2.99. The Labute approximate surface area is 229 Å². The molecule has 38 heavy (non-hydrogen) atoms. The summed E-state index contributed by atoms with van der Waals surface area (Å²) in [6.45, 7) is 5.24. The van der Waals surface area contributed by atoms with Gasteiger partial charge in [0.15, 0.2) is 0 Å². The minimum Gasteiger partial charge on any atom is -0.349 e. The molecule has 1 fully saturated rings. The molecule has 0 saturated carbocycles. The fourth-order valence-corrected chi connectivity index (χ4v) is 6.57. The Balaban J connectivity index is 1.32. The van der Waals surface area contributed by atoms with E-state index in [4.69, 9.17) is 0 Å². The van der Waals surface area contributed by atoms with Crippen LogP contribution in [0.2, 0.25) is 0 Å². The lowest BCUT2D eigenvalue weighted by Crippen LogP contribution is -2.48. The molecule has 0 spiro atoms. The summed E-state index contributed by atoms with van der Waals surface area (Å²) in [4.78, 5) is 31.1. The van der Waals surface area contributed by atoms with E-state index >= 15 is 0 Å². The summed E-state index contributed by atoms with van der Waals surface area (Å²) in [5.41, 5.74) is 2.73. The van der Waals surface area contributed by atoms with Crippen molar-refractivity contribution >= 4 is 37.0 Å². The number of aromatic amines is 1. The van der Waals surface area contributed by atoms with Crippen molar-refractivity contribution < 1.29 is 8.42 Å². The number of halogens is 1. The molecule has 11 heteroatoms. The quantitative estimate of drug-likeness (QED) is 0.351. The van der Waals surface area contributed by atoms with Gasteiger partial charge in [0.1, 0.15) is 5.52 Å². The third-order valence-corrected chi connectivity index (χ3v) is 9.48. The molecule has 0 amide bonds. The number of nitrogens with zero attached hydrogens (tertiary/aromatic N) is 4. The second-order valence-corrected chi connectivity index (χ2v) is 12.4. The second-order valence-electron chi connectivity index (χ2n) is 9.57. The number of nitrogens with one attached hydrogen (secondary N) is 1. The van der Waals surface area contributed by atoms with E-state index in [2.05, 4.69) is 37.9 Å². The highest BCUT2D eigenvalue weighted by Gasteiger charge is 2.28. The normalized spacial score (nSPS) is 15.3. The van der Waals surface area contributed by atoms with Crippen molar-refractivity contribution in [2.75, 3.05) is 26.2 Å². The molecule has 0 aliphatic carbocycles. The van der Waals surface area contributed by atoms with Gasteiger partial charge in [0.2, 0.25) is 10.0 Å². The van der Waals surface area contributed by atoms with Crippen molar-refractivity contribution in [1.29, 1.82) is 0 Å². The minimum absolute atomic E-state index is 0.233. The van der Waals surface area contributed by atoms with Gasteiger partial charge in [0.05, 0.1) is 10.4 Å². The zero-order chi connectivity index (χ0) is 27.0. The number of aryl methyl sites for hydroxylation is 1. The molecular formula is C27H30BrN5O4S. The standard InChI is InChI=1S/C27H30BrN5O4S/c1-3-12-33-26(34)25-24(30(2)27(33)35)17-23(29-25)20-6-10-22(11-7-20)38(36,37)32-15-13-31(14-16-32)18-19-4-8-21(28)9-5-19/h4-11,17,29H,3,12-16,18H2,1-2H3. The average molecular weight is 601 g/mol. The maximum Gasteiger partial charge on any atom is 0.331 e. The molecule has 5 rings (SSSR count). The lowest BCUT2D eigenvalue weighted by Gasteiger charge is -2.34. The van der Waals surface area contributed by atoms with E-state index in [9.17, 15) is 18.0 Å². The molecule has 1 saturated heterocycles. The molecule has 0 radical (unpaired) electrons. The second kappa shape index (κ2) is 10.6. The molecule has 3 heterocycles. The molecule has 200 valence electrons. The highest BCUT2D eigenvalue weighted by molar-refractivity contribution is 9.10. The van der Waals surface area contributed by atoms with E-state index in [1.165, 1.54) is 19.0 Å². The Morgan fingerprint density at radius 3 is 2.24 bits per heavy atom. The first-order chi connectivity index (χ1) is 18.2. The van der Waals surface area contributed by atoms with Crippen LogP contribution in [0.3, 0.4) is 0 Å². The molecular weight excluding hydrogens is 570 g/mol. The maximum atomic E-state index is 13.3. The first-order valence-corrected chi connectivity index (χ1v) is 14.8. The Morgan fingerprint density at radius 2 is 1.61 bits per heavy atom. The molecule has 2 aromatic carbocycles. The van der Waals surface area contributed by atoms with Gasteiger partial charge in [-0.15, -0.1) is 0 Å². The Morgan fingerprint density at radius 1 is 0.947 bits per heavy atom. The van der Waals surface area contributed by atoms with E-state index in [0.29, 0.717) is 55.9 Å². The molecule has 0 unspecified atom stereocenters. The highest BCUT2D eigenvalue weighted by Crippen LogP contribution is 2.25. The summed E-state index contributed by atoms with van der Waals surface area (Å²) in [6, 6.07) is 16.6. The van der Waals surface area contributed by atoms with Crippen molar-refractivity contribution in [3.63, 3.8) is 0 Å². The van der Waals surface area contributed by atoms with Crippen molar-refractivity contribution in [3.8, 4) is 11.3 Å². The molecule has 2 aromatic heterocycles. The van der Waals surface area contributed by atoms with Gasteiger partial charge in [0, 0.05) is 56.5 Å². The van der Waals surface area contributed by atoms with Crippen LogP contribution in [0.15, 0.2) is 73.6 Å². The van der Waals surface area contributed by atoms with Gasteiger partial charge in [0.25, 0.3) is 5.56 Å². The van der Waals surface area contributed by atoms with Gasteiger partial charge in [-0.3, -0.25) is 18.8 Å². The number of fused-ring (bicyclic) bond motifs is 1. The van der Waals surface area contributed by atoms with Gasteiger partial charge >= 0.3 is 5.69 Å². The van der Waals surface area contributed by atoms with Gasteiger partial charge in [-0.2, -0.15) is 4.31 Å². The number of benzene rings is 2. The van der Waals surface area contributed by atoms with Crippen molar-refractivity contribution in [2.45, 2.75) is 31.3 Å². The summed E-state index contributed by atoms with van der Waals surface area (Å²) in [6.07, 6.45) is 0.671. The molecule has 1 N–H and O–H groups in total. The summed E-state index contributed by atoms with van der Waals surface area (Å²) in [5, 5.41) is 0. The van der Waals surface area contributed by atoms with Crippen LogP contribution < -0.4 is 11.2 Å². The van der Waals surface area contributed by atoms with E-state index in [-0.39, 0.29) is 16.1 Å². The van der Waals surface area contributed by atoms with Crippen LogP contribution in [0, 0.1) is 0 Å². The number of H-pyrrole nitrogens is 1. The van der Waals surface area contributed by atoms with Crippen LogP contribution in [0.1, 0.15) is 18.9 Å². The first kappa shape index (κ1) is 26.6. The molecule has 1 aliphatic rings. The lowest BCUT2D eigenvalue weighted by atomic mass is 10.1. The van der Waals surface area contributed by atoms with Crippen molar-refractivity contribution in [2.24, 2.45) is 7.05 Å². The number of aromatic nitrogens is 3. The smallest absolute Gasteiger partial charge is 0.331 e. The molecule has 0 atom stereocenters. The number of piperazine rings is 1. The van der Waals surface area contributed by atoms with Crippen molar-refractivity contribution in [1.82, 2.24) is 23.3 Å². The molecule has 1 aliphatic heterocycles. The monoisotopic (exact) mass is 599 g/mol. The highest BCUT2D eigenvalue weighted by atomic mass is 79.9. The average Bonchev–Trinajstić information content (AvgIpc) is 3.38. The van der Waals surface area contributed by atoms with E-state index in [1.54, 1.807) is 37.4 Å². The summed E-state index contributed by atoms with van der Waals surface area (Å²) in [5.74, 6) is 0. The fourth-order valence-electron chi connectivity index (χ4n) is 4.89. The Kier molecular flexibility index (Phi) is 7.45. The fraction of sp³-hybridized carbons (Fsp3) is 0.333. The predicted molar refractivity (Wildman–Crippen MR) is 152 cm³/mol. The lowest BCUT2D eigenvalue weighted by molar-refractivity contribution is 0.181. The molecule has 4 aromatic rings. The van der Waals surface area contributed by atoms with Crippen LogP contribution >= 0.6 is 15.9 Å².